The Hall–Kier alpha value is 0.167. The van der Waals surface area contributed by atoms with Crippen molar-refractivity contribution in [1.82, 2.24) is 0 Å². The molecular formula is C4H7LiO. The summed E-state index contributed by atoms with van der Waals surface area (Å²) in [5, 5.41) is 0. The minimum Gasteiger partial charge on any atom is -0.445 e. The summed E-state index contributed by atoms with van der Waals surface area (Å²) in [7, 11) is 1.58. The summed E-state index contributed by atoms with van der Waals surface area (Å²) in [4.78, 5) is 0. The van der Waals surface area contributed by atoms with E-state index in [1.807, 2.05) is 0 Å². The van der Waals surface area contributed by atoms with Crippen LogP contribution in [0.4, 0.5) is 0 Å². The summed E-state index contributed by atoms with van der Waals surface area (Å²) >= 11 is 0. The van der Waals surface area contributed by atoms with E-state index in [1.165, 1.54) is 6.61 Å². The minimum atomic E-state index is 0. The van der Waals surface area contributed by atoms with Gasteiger partial charge in [-0.1, -0.05) is 0 Å². The Morgan fingerprint density at radius 3 is 2.33 bits per heavy atom. The smallest absolute Gasteiger partial charge is 0.445 e. The fourth-order valence-electron chi connectivity index (χ4n) is 0.0962. The summed E-state index contributed by atoms with van der Waals surface area (Å²) in [6.45, 7) is 4.88. The summed E-state index contributed by atoms with van der Waals surface area (Å²) < 4.78 is 4.45. The van der Waals surface area contributed by atoms with E-state index >= 15 is 0 Å². The third-order valence-corrected chi connectivity index (χ3v) is 0.232. The summed E-state index contributed by atoms with van der Waals surface area (Å²) in [6, 6.07) is 0. The molecule has 1 nitrogen and oxygen atoms in total. The Balaban J connectivity index is 0. The van der Waals surface area contributed by atoms with Gasteiger partial charge in [-0.2, -0.15) is 0 Å². The fourth-order valence-corrected chi connectivity index (χ4v) is 0.0962. The van der Waals surface area contributed by atoms with Crippen molar-refractivity contribution in [1.29, 1.82) is 0 Å². The molecule has 0 radical (unpaired) electrons. The molecule has 0 aromatic carbocycles. The molecule has 0 aromatic heterocycles. The molecule has 0 unspecified atom stereocenters. The average Bonchev–Trinajstić information content (AvgIpc) is 1.41. The van der Waals surface area contributed by atoms with Crippen molar-refractivity contribution in [2.75, 3.05) is 7.11 Å². The van der Waals surface area contributed by atoms with Gasteiger partial charge in [-0.25, -0.2) is 12.7 Å². The molecule has 6 heavy (non-hydrogen) atoms. The van der Waals surface area contributed by atoms with Gasteiger partial charge in [0.25, 0.3) is 0 Å². The molecular weight excluding hydrogens is 71.0 g/mol. The van der Waals surface area contributed by atoms with Crippen LogP contribution in [0.5, 0.6) is 0 Å². The van der Waals surface area contributed by atoms with Crippen LogP contribution in [0.2, 0.25) is 0 Å². The number of hydrogen-bond donors (Lipinski definition) is 0. The van der Waals surface area contributed by atoms with Gasteiger partial charge in [0.1, 0.15) is 0 Å². The molecule has 2 heteroatoms. The molecule has 0 aliphatic heterocycles. The van der Waals surface area contributed by atoms with E-state index in [4.69, 9.17) is 0 Å². The van der Waals surface area contributed by atoms with Crippen LogP contribution < -0.4 is 18.9 Å². The molecule has 30 valence electrons. The van der Waals surface area contributed by atoms with Gasteiger partial charge < -0.3 is 4.74 Å². The Bertz CT molecular complexity index is 28.7. The normalized spacial score (nSPS) is 5.50. The topological polar surface area (TPSA) is 9.23 Å². The second kappa shape index (κ2) is 8.95. The van der Waals surface area contributed by atoms with Gasteiger partial charge in [0, 0.05) is 7.11 Å². The fraction of sp³-hybridized carbons (Fsp3) is 0.250. The predicted octanol–water partition coefficient (Wildman–Crippen LogP) is -2.02. The van der Waals surface area contributed by atoms with Crippen LogP contribution in [0.3, 0.4) is 0 Å². The molecule has 0 saturated heterocycles. The van der Waals surface area contributed by atoms with Crippen LogP contribution in [-0.4, -0.2) is 7.11 Å². The van der Waals surface area contributed by atoms with Crippen LogP contribution in [-0.2, 0) is 4.74 Å². The Kier molecular flexibility index (Phi) is 14.1. The molecule has 0 bridgehead atoms. The molecule has 0 aliphatic rings. The van der Waals surface area contributed by atoms with E-state index in [1.54, 1.807) is 13.2 Å². The average molecular weight is 78.0 g/mol. The summed E-state index contributed by atoms with van der Waals surface area (Å²) in [6.07, 6.45) is 1.58. The van der Waals surface area contributed by atoms with Gasteiger partial charge in [-0.3, -0.25) is 0 Å². The van der Waals surface area contributed by atoms with Crippen LogP contribution in [0.1, 0.15) is 0 Å². The van der Waals surface area contributed by atoms with Gasteiger partial charge in [0.05, 0.1) is 0 Å². The molecule has 0 spiro atoms. The SMILES string of the molecule is C=C[CH-]OC.[Li+]. The first-order valence-corrected chi connectivity index (χ1v) is 1.39. The minimum absolute atomic E-state index is 0. The molecule has 0 atom stereocenters. The van der Waals surface area contributed by atoms with E-state index < -0.39 is 0 Å². The second-order valence-corrected chi connectivity index (χ2v) is 0.607. The maximum Gasteiger partial charge on any atom is 1.00 e. The van der Waals surface area contributed by atoms with Crippen molar-refractivity contribution in [3.8, 4) is 0 Å². The molecule has 0 rings (SSSR count). The second-order valence-electron chi connectivity index (χ2n) is 0.607. The van der Waals surface area contributed by atoms with Crippen molar-refractivity contribution < 1.29 is 23.6 Å². The number of hydrogen-bond acceptors (Lipinski definition) is 1. The summed E-state index contributed by atoms with van der Waals surface area (Å²) in [5.41, 5.74) is 0. The van der Waals surface area contributed by atoms with E-state index in [2.05, 4.69) is 11.3 Å². The Morgan fingerprint density at radius 1 is 1.83 bits per heavy atom. The first kappa shape index (κ1) is 9.48. The van der Waals surface area contributed by atoms with Crippen molar-refractivity contribution in [2.24, 2.45) is 0 Å². The first-order valence-electron chi connectivity index (χ1n) is 1.39. The molecule has 0 N–H and O–H groups in total. The maximum atomic E-state index is 4.45. The van der Waals surface area contributed by atoms with Crippen molar-refractivity contribution in [2.45, 2.75) is 0 Å². The molecule has 0 saturated carbocycles. The van der Waals surface area contributed by atoms with Crippen molar-refractivity contribution in [3.63, 3.8) is 0 Å². The number of methoxy groups -OCH3 is 1. The molecule has 0 amide bonds. The summed E-state index contributed by atoms with van der Waals surface area (Å²) in [5.74, 6) is 0. The van der Waals surface area contributed by atoms with Crippen LogP contribution in [0.15, 0.2) is 12.7 Å². The largest absolute Gasteiger partial charge is 1.00 e. The zero-order chi connectivity index (χ0) is 4.12. The third-order valence-electron chi connectivity index (χ3n) is 0.232. The van der Waals surface area contributed by atoms with Gasteiger partial charge in [0.2, 0.25) is 0 Å². The Labute approximate surface area is 50.6 Å². The van der Waals surface area contributed by atoms with Crippen molar-refractivity contribution in [3.05, 3.63) is 19.3 Å². The standard InChI is InChI=1S/C4H7O.Li/c1-3-4-5-2;/h3-4H,1H2,2H3;/q-1;+1. The van der Waals surface area contributed by atoms with Crippen LogP contribution >= 0.6 is 0 Å². The van der Waals surface area contributed by atoms with E-state index in [9.17, 15) is 0 Å². The van der Waals surface area contributed by atoms with Gasteiger partial charge in [-0.05, 0) is 0 Å². The predicted molar refractivity (Wildman–Crippen MR) is 21.5 cm³/mol. The van der Waals surface area contributed by atoms with Crippen molar-refractivity contribution >= 4 is 0 Å². The quantitative estimate of drug-likeness (QED) is 0.274. The molecule has 0 aliphatic carbocycles. The number of ether oxygens (including phenoxy) is 1. The molecule has 0 fully saturated rings. The van der Waals surface area contributed by atoms with Crippen LogP contribution in [0.25, 0.3) is 0 Å². The number of rotatable bonds is 2. The third kappa shape index (κ3) is 8.90. The van der Waals surface area contributed by atoms with E-state index in [0.29, 0.717) is 0 Å². The van der Waals surface area contributed by atoms with Crippen LogP contribution in [0, 0.1) is 6.61 Å². The van der Waals surface area contributed by atoms with Gasteiger partial charge >= 0.3 is 18.9 Å². The maximum absolute atomic E-state index is 4.45. The van der Waals surface area contributed by atoms with E-state index in [-0.39, 0.29) is 18.9 Å². The van der Waals surface area contributed by atoms with E-state index in [0.717, 1.165) is 0 Å². The zero-order valence-corrected chi connectivity index (χ0v) is 4.27. The van der Waals surface area contributed by atoms with Gasteiger partial charge in [0.15, 0.2) is 0 Å². The Morgan fingerprint density at radius 2 is 2.33 bits per heavy atom. The van der Waals surface area contributed by atoms with Gasteiger partial charge in [-0.15, -0.1) is 6.61 Å². The molecule has 0 heterocycles. The zero-order valence-electron chi connectivity index (χ0n) is 4.27. The monoisotopic (exact) mass is 78.1 g/mol. The first-order chi connectivity index (χ1) is 2.41. The molecule has 0 aromatic rings.